The van der Waals surface area contributed by atoms with Crippen LogP contribution in [0.25, 0.3) is 11.0 Å². The molecular weight excluding hydrogens is 405 g/mol. The van der Waals surface area contributed by atoms with Gasteiger partial charge in [0.2, 0.25) is 0 Å². The zero-order valence-electron chi connectivity index (χ0n) is 17.0. The Balaban J connectivity index is 1.77. The maximum atomic E-state index is 14.4. The normalized spacial score (nSPS) is 11.2. The van der Waals surface area contributed by atoms with Crippen molar-refractivity contribution < 1.29 is 18.0 Å². The largest absolute Gasteiger partial charge is 0.467 e. The quantitative estimate of drug-likeness (QED) is 0.362. The van der Waals surface area contributed by atoms with Crippen molar-refractivity contribution in [1.82, 2.24) is 4.90 Å². The van der Waals surface area contributed by atoms with Crippen LogP contribution in [0.2, 0.25) is 5.02 Å². The molecule has 2 aromatic carbocycles. The van der Waals surface area contributed by atoms with E-state index in [-0.39, 0.29) is 35.3 Å². The number of carbonyl (C=O) groups is 1. The van der Waals surface area contributed by atoms with E-state index in [4.69, 9.17) is 20.4 Å². The fourth-order valence-electron chi connectivity index (χ4n) is 3.53. The van der Waals surface area contributed by atoms with Crippen LogP contribution in [-0.4, -0.2) is 10.8 Å². The Morgan fingerprint density at radius 2 is 1.83 bits per heavy atom. The van der Waals surface area contributed by atoms with Crippen LogP contribution in [0.15, 0.2) is 57.6 Å². The molecule has 0 aliphatic rings. The molecule has 0 saturated carbocycles. The number of hydrogen-bond acceptors (Lipinski definition) is 3. The molecule has 1 amide bonds. The predicted octanol–water partition coefficient (Wildman–Crippen LogP) is 6.59. The predicted molar refractivity (Wildman–Crippen MR) is 114 cm³/mol. The third kappa shape index (κ3) is 3.61. The molecule has 0 bridgehead atoms. The van der Waals surface area contributed by atoms with E-state index in [1.807, 2.05) is 32.9 Å². The van der Waals surface area contributed by atoms with Crippen LogP contribution in [0.1, 0.15) is 38.6 Å². The zero-order valence-corrected chi connectivity index (χ0v) is 17.7. The van der Waals surface area contributed by atoms with Gasteiger partial charge in [-0.3, -0.25) is 4.79 Å². The average molecular weight is 426 g/mol. The second-order valence-corrected chi connectivity index (χ2v) is 7.79. The van der Waals surface area contributed by atoms with E-state index in [2.05, 4.69) is 0 Å². The Kier molecular flexibility index (Phi) is 5.39. The standard InChI is InChI=1S/C24H21ClFNO3/c1-14-9-10-18-16(3)23(30-22(18)15(14)2)24(28)27(12-17-6-5-11-29-17)13-19-20(25)7-4-8-21(19)26/h4-11H,12-13H2,1-3H3. The Bertz CT molecular complexity index is 1210. The lowest BCUT2D eigenvalue weighted by Crippen LogP contribution is -2.30. The number of halogens is 2. The van der Waals surface area contributed by atoms with Gasteiger partial charge in [0.15, 0.2) is 5.76 Å². The van der Waals surface area contributed by atoms with Crippen LogP contribution in [0.5, 0.6) is 0 Å². The van der Waals surface area contributed by atoms with Gasteiger partial charge >= 0.3 is 0 Å². The molecule has 2 aromatic heterocycles. The van der Waals surface area contributed by atoms with Crippen LogP contribution in [0.4, 0.5) is 4.39 Å². The van der Waals surface area contributed by atoms with Crippen molar-refractivity contribution in [2.24, 2.45) is 0 Å². The molecule has 0 saturated heterocycles. The molecule has 4 rings (SSSR count). The van der Waals surface area contributed by atoms with Gasteiger partial charge in [0.1, 0.15) is 17.2 Å². The van der Waals surface area contributed by atoms with E-state index in [1.54, 1.807) is 18.2 Å². The number of furan rings is 2. The molecule has 0 spiro atoms. The number of benzene rings is 2. The lowest BCUT2D eigenvalue weighted by molar-refractivity contribution is 0.0685. The van der Waals surface area contributed by atoms with Crippen molar-refractivity contribution >= 4 is 28.5 Å². The third-order valence-electron chi connectivity index (χ3n) is 5.44. The third-order valence-corrected chi connectivity index (χ3v) is 5.80. The Morgan fingerprint density at radius 1 is 1.03 bits per heavy atom. The van der Waals surface area contributed by atoms with Crippen LogP contribution in [0, 0.1) is 26.6 Å². The van der Waals surface area contributed by atoms with E-state index in [0.29, 0.717) is 11.3 Å². The van der Waals surface area contributed by atoms with Crippen LogP contribution in [0.3, 0.4) is 0 Å². The lowest BCUT2D eigenvalue weighted by atomic mass is 10.0. The van der Waals surface area contributed by atoms with Gasteiger partial charge in [0.25, 0.3) is 5.91 Å². The van der Waals surface area contributed by atoms with Gasteiger partial charge in [0, 0.05) is 21.5 Å². The minimum absolute atomic E-state index is 0.0144. The van der Waals surface area contributed by atoms with Gasteiger partial charge in [-0.15, -0.1) is 0 Å². The molecule has 0 fully saturated rings. The number of hydrogen-bond donors (Lipinski definition) is 0. The Morgan fingerprint density at radius 3 is 2.53 bits per heavy atom. The summed E-state index contributed by atoms with van der Waals surface area (Å²) in [6.45, 7) is 5.96. The Hall–Kier alpha value is -3.05. The van der Waals surface area contributed by atoms with E-state index in [1.165, 1.54) is 23.3 Å². The van der Waals surface area contributed by atoms with E-state index in [0.717, 1.165) is 22.1 Å². The molecule has 0 aliphatic carbocycles. The SMILES string of the molecule is Cc1ccc2c(C)c(C(=O)N(Cc3ccco3)Cc3c(F)cccc3Cl)oc2c1C. The monoisotopic (exact) mass is 425 g/mol. The lowest BCUT2D eigenvalue weighted by Gasteiger charge is -2.22. The van der Waals surface area contributed by atoms with Gasteiger partial charge in [0.05, 0.1) is 19.4 Å². The first-order valence-corrected chi connectivity index (χ1v) is 9.98. The van der Waals surface area contributed by atoms with Crippen molar-refractivity contribution in [2.75, 3.05) is 0 Å². The van der Waals surface area contributed by atoms with Crippen molar-refractivity contribution in [3.63, 3.8) is 0 Å². The highest BCUT2D eigenvalue weighted by Gasteiger charge is 2.26. The van der Waals surface area contributed by atoms with Crippen LogP contribution >= 0.6 is 11.6 Å². The summed E-state index contributed by atoms with van der Waals surface area (Å²) in [7, 11) is 0. The summed E-state index contributed by atoms with van der Waals surface area (Å²) in [6.07, 6.45) is 1.53. The number of aryl methyl sites for hydroxylation is 3. The van der Waals surface area contributed by atoms with Gasteiger partial charge in [-0.2, -0.15) is 0 Å². The summed E-state index contributed by atoms with van der Waals surface area (Å²) in [5.74, 6) is -0.00154. The van der Waals surface area contributed by atoms with E-state index in [9.17, 15) is 9.18 Å². The van der Waals surface area contributed by atoms with Gasteiger partial charge in [-0.1, -0.05) is 29.8 Å². The first kappa shape index (κ1) is 20.2. The molecular formula is C24H21ClFNO3. The van der Waals surface area contributed by atoms with Crippen LogP contribution < -0.4 is 0 Å². The number of carbonyl (C=O) groups excluding carboxylic acids is 1. The van der Waals surface area contributed by atoms with Crippen molar-refractivity contribution in [3.8, 4) is 0 Å². The molecule has 4 nitrogen and oxygen atoms in total. The summed E-state index contributed by atoms with van der Waals surface area (Å²) in [5.41, 5.74) is 3.77. The number of nitrogens with zero attached hydrogens (tertiary/aromatic N) is 1. The minimum atomic E-state index is -0.465. The molecule has 154 valence electrons. The summed E-state index contributed by atoms with van der Waals surface area (Å²) in [6, 6.07) is 11.9. The van der Waals surface area contributed by atoms with Gasteiger partial charge in [-0.05, 0) is 56.2 Å². The molecule has 0 atom stereocenters. The number of rotatable bonds is 5. The van der Waals surface area contributed by atoms with Crippen LogP contribution in [-0.2, 0) is 13.1 Å². The molecule has 0 N–H and O–H groups in total. The maximum absolute atomic E-state index is 14.4. The minimum Gasteiger partial charge on any atom is -0.467 e. The summed E-state index contributed by atoms with van der Waals surface area (Å²) in [5, 5.41) is 1.16. The second-order valence-electron chi connectivity index (χ2n) is 7.38. The second kappa shape index (κ2) is 8.00. The first-order valence-electron chi connectivity index (χ1n) is 9.60. The van der Waals surface area contributed by atoms with Crippen molar-refractivity contribution in [3.05, 3.63) is 93.3 Å². The highest BCUT2D eigenvalue weighted by molar-refractivity contribution is 6.31. The zero-order chi connectivity index (χ0) is 21.4. The fourth-order valence-corrected chi connectivity index (χ4v) is 3.75. The maximum Gasteiger partial charge on any atom is 0.290 e. The molecule has 6 heteroatoms. The van der Waals surface area contributed by atoms with Crippen molar-refractivity contribution in [2.45, 2.75) is 33.9 Å². The smallest absolute Gasteiger partial charge is 0.290 e. The molecule has 4 aromatic rings. The molecule has 0 unspecified atom stereocenters. The molecule has 0 radical (unpaired) electrons. The summed E-state index contributed by atoms with van der Waals surface area (Å²) >= 11 is 6.22. The van der Waals surface area contributed by atoms with Crippen molar-refractivity contribution in [1.29, 1.82) is 0 Å². The summed E-state index contributed by atoms with van der Waals surface area (Å²) in [4.78, 5) is 15.0. The average Bonchev–Trinajstić information content (AvgIpc) is 3.34. The molecule has 2 heterocycles. The first-order chi connectivity index (χ1) is 14.4. The topological polar surface area (TPSA) is 46.6 Å². The highest BCUT2D eigenvalue weighted by Crippen LogP contribution is 2.31. The highest BCUT2D eigenvalue weighted by atomic mass is 35.5. The van der Waals surface area contributed by atoms with Gasteiger partial charge < -0.3 is 13.7 Å². The molecule has 0 aliphatic heterocycles. The number of amides is 1. The Labute approximate surface area is 178 Å². The number of fused-ring (bicyclic) bond motifs is 1. The summed E-state index contributed by atoms with van der Waals surface area (Å²) < 4.78 is 25.9. The van der Waals surface area contributed by atoms with Gasteiger partial charge in [-0.25, -0.2) is 4.39 Å². The molecule has 30 heavy (non-hydrogen) atoms. The van der Waals surface area contributed by atoms with E-state index < -0.39 is 5.82 Å². The fraction of sp³-hybridized carbons (Fsp3) is 0.208. The van der Waals surface area contributed by atoms with E-state index >= 15 is 0 Å².